The lowest BCUT2D eigenvalue weighted by molar-refractivity contribution is -0.0440. The van der Waals surface area contributed by atoms with Crippen molar-refractivity contribution in [2.24, 2.45) is 0 Å². The molecule has 0 spiro atoms. The van der Waals surface area contributed by atoms with Gasteiger partial charge >= 0.3 is 0 Å². The van der Waals surface area contributed by atoms with Crippen LogP contribution in [0.3, 0.4) is 0 Å². The van der Waals surface area contributed by atoms with Crippen LogP contribution in [0.2, 0.25) is 0 Å². The number of fused-ring (bicyclic) bond motifs is 1. The quantitative estimate of drug-likeness (QED) is 0.789. The van der Waals surface area contributed by atoms with E-state index in [0.29, 0.717) is 13.2 Å². The number of H-pyrrole nitrogens is 1. The molecule has 2 aromatic carbocycles. The topological polar surface area (TPSA) is 51.3 Å². The standard InChI is InChI=1S/C18H15NO3/c20-17-11-15(14-6-1-2-7-16(14)19-17)12-4-3-5-13(10-12)18-21-8-9-22-18/h1-7,10-11,18H,8-9H2,(H,19,20). The van der Waals surface area contributed by atoms with Gasteiger partial charge in [-0.1, -0.05) is 36.4 Å². The summed E-state index contributed by atoms with van der Waals surface area (Å²) in [5.74, 6) is 0. The summed E-state index contributed by atoms with van der Waals surface area (Å²) in [4.78, 5) is 14.8. The maximum Gasteiger partial charge on any atom is 0.249 e. The molecular formula is C18H15NO3. The van der Waals surface area contributed by atoms with E-state index in [2.05, 4.69) is 4.98 Å². The Morgan fingerprint density at radius 1 is 0.955 bits per heavy atom. The predicted molar refractivity (Wildman–Crippen MR) is 84.6 cm³/mol. The maximum atomic E-state index is 11.9. The molecule has 1 aromatic heterocycles. The Bertz CT molecular complexity index is 879. The van der Waals surface area contributed by atoms with Crippen molar-refractivity contribution in [3.05, 3.63) is 70.5 Å². The number of nitrogens with one attached hydrogen (secondary N) is 1. The molecule has 1 aliphatic heterocycles. The van der Waals surface area contributed by atoms with Crippen molar-refractivity contribution in [2.75, 3.05) is 13.2 Å². The van der Waals surface area contributed by atoms with Crippen molar-refractivity contribution >= 4 is 10.9 Å². The number of pyridine rings is 1. The van der Waals surface area contributed by atoms with Crippen LogP contribution < -0.4 is 5.56 Å². The molecule has 3 aromatic rings. The molecule has 110 valence electrons. The van der Waals surface area contributed by atoms with Crippen molar-refractivity contribution in [1.29, 1.82) is 0 Å². The molecule has 2 heterocycles. The second-order valence-corrected chi connectivity index (χ2v) is 5.29. The molecule has 4 heteroatoms. The number of hydrogen-bond acceptors (Lipinski definition) is 3. The lowest BCUT2D eigenvalue weighted by atomic mass is 9.99. The van der Waals surface area contributed by atoms with Gasteiger partial charge in [-0.2, -0.15) is 0 Å². The van der Waals surface area contributed by atoms with Crippen LogP contribution >= 0.6 is 0 Å². The van der Waals surface area contributed by atoms with Crippen LogP contribution in [0.4, 0.5) is 0 Å². The van der Waals surface area contributed by atoms with Gasteiger partial charge in [0.1, 0.15) is 0 Å². The van der Waals surface area contributed by atoms with Gasteiger partial charge in [0.05, 0.1) is 13.2 Å². The normalized spacial score (nSPS) is 15.5. The number of aromatic amines is 1. The van der Waals surface area contributed by atoms with Crippen LogP contribution in [0.15, 0.2) is 59.4 Å². The number of ether oxygens (including phenoxy) is 2. The molecule has 0 saturated carbocycles. The van der Waals surface area contributed by atoms with Crippen LogP contribution in [-0.2, 0) is 9.47 Å². The Labute approximate surface area is 127 Å². The molecular weight excluding hydrogens is 278 g/mol. The maximum absolute atomic E-state index is 11.9. The van der Waals surface area contributed by atoms with E-state index < -0.39 is 0 Å². The second-order valence-electron chi connectivity index (χ2n) is 5.29. The molecule has 4 rings (SSSR count). The molecule has 0 radical (unpaired) electrons. The highest BCUT2D eigenvalue weighted by atomic mass is 16.7. The van der Waals surface area contributed by atoms with E-state index in [9.17, 15) is 4.79 Å². The Morgan fingerprint density at radius 2 is 1.77 bits per heavy atom. The van der Waals surface area contributed by atoms with Gasteiger partial charge < -0.3 is 14.5 Å². The van der Waals surface area contributed by atoms with Gasteiger partial charge in [0.25, 0.3) is 0 Å². The first-order valence-electron chi connectivity index (χ1n) is 7.27. The zero-order valence-corrected chi connectivity index (χ0v) is 11.9. The van der Waals surface area contributed by atoms with Gasteiger partial charge in [-0.25, -0.2) is 0 Å². The van der Waals surface area contributed by atoms with Crippen molar-refractivity contribution in [3.8, 4) is 11.1 Å². The smallest absolute Gasteiger partial charge is 0.249 e. The van der Waals surface area contributed by atoms with Crippen molar-refractivity contribution in [1.82, 2.24) is 4.98 Å². The van der Waals surface area contributed by atoms with Crippen LogP contribution in [0, 0.1) is 0 Å². The minimum absolute atomic E-state index is 0.104. The summed E-state index contributed by atoms with van der Waals surface area (Å²) in [6.45, 7) is 1.23. The lowest BCUT2D eigenvalue weighted by Crippen LogP contribution is -2.05. The molecule has 0 atom stereocenters. The first-order valence-corrected chi connectivity index (χ1v) is 7.27. The van der Waals surface area contributed by atoms with Crippen molar-refractivity contribution in [3.63, 3.8) is 0 Å². The van der Waals surface area contributed by atoms with Crippen LogP contribution in [0.25, 0.3) is 22.0 Å². The van der Waals surface area contributed by atoms with Crippen molar-refractivity contribution < 1.29 is 9.47 Å². The molecule has 22 heavy (non-hydrogen) atoms. The van der Waals surface area contributed by atoms with Gasteiger partial charge in [0.2, 0.25) is 5.56 Å². The van der Waals surface area contributed by atoms with E-state index in [1.54, 1.807) is 6.07 Å². The highest BCUT2D eigenvalue weighted by Gasteiger charge is 2.18. The molecule has 1 saturated heterocycles. The van der Waals surface area contributed by atoms with E-state index >= 15 is 0 Å². The average Bonchev–Trinajstić information content (AvgIpc) is 3.09. The fourth-order valence-electron chi connectivity index (χ4n) is 2.85. The van der Waals surface area contributed by atoms with Gasteiger partial charge in [0, 0.05) is 22.5 Å². The average molecular weight is 293 g/mol. The minimum atomic E-state index is -0.312. The zero-order chi connectivity index (χ0) is 14.9. The van der Waals surface area contributed by atoms with Crippen LogP contribution in [0.1, 0.15) is 11.9 Å². The number of rotatable bonds is 2. The monoisotopic (exact) mass is 293 g/mol. The summed E-state index contributed by atoms with van der Waals surface area (Å²) < 4.78 is 11.1. The van der Waals surface area contributed by atoms with E-state index in [1.165, 1.54) is 0 Å². The summed E-state index contributed by atoms with van der Waals surface area (Å²) in [7, 11) is 0. The molecule has 0 unspecified atom stereocenters. The van der Waals surface area contributed by atoms with E-state index in [-0.39, 0.29) is 11.8 Å². The highest BCUT2D eigenvalue weighted by molar-refractivity contribution is 5.94. The SMILES string of the molecule is O=c1cc(-c2cccc(C3OCCO3)c2)c2ccccc2[nH]1. The number of aromatic nitrogens is 1. The second kappa shape index (κ2) is 5.40. The summed E-state index contributed by atoms with van der Waals surface area (Å²) >= 11 is 0. The third-order valence-electron chi connectivity index (χ3n) is 3.84. The minimum Gasteiger partial charge on any atom is -0.346 e. The molecule has 1 fully saturated rings. The number of benzene rings is 2. The van der Waals surface area contributed by atoms with Crippen molar-refractivity contribution in [2.45, 2.75) is 6.29 Å². The molecule has 0 bridgehead atoms. The summed E-state index contributed by atoms with van der Waals surface area (Å²) in [6.07, 6.45) is -0.312. The molecule has 1 N–H and O–H groups in total. The van der Waals surface area contributed by atoms with E-state index in [4.69, 9.17) is 9.47 Å². The third-order valence-corrected chi connectivity index (χ3v) is 3.84. The fourth-order valence-corrected chi connectivity index (χ4v) is 2.85. The summed E-state index contributed by atoms with van der Waals surface area (Å²) in [6, 6.07) is 17.4. The largest absolute Gasteiger partial charge is 0.346 e. The lowest BCUT2D eigenvalue weighted by Gasteiger charge is -2.12. The molecule has 1 aliphatic rings. The van der Waals surface area contributed by atoms with E-state index in [1.807, 2.05) is 48.5 Å². The van der Waals surface area contributed by atoms with Gasteiger partial charge in [-0.15, -0.1) is 0 Å². The fraction of sp³-hybridized carbons (Fsp3) is 0.167. The number of hydrogen-bond donors (Lipinski definition) is 1. The molecule has 4 nitrogen and oxygen atoms in total. The van der Waals surface area contributed by atoms with Gasteiger partial charge in [-0.05, 0) is 23.3 Å². The Morgan fingerprint density at radius 3 is 2.64 bits per heavy atom. The first kappa shape index (κ1) is 13.2. The summed E-state index contributed by atoms with van der Waals surface area (Å²) in [5.41, 5.74) is 3.61. The third kappa shape index (κ3) is 2.32. The highest BCUT2D eigenvalue weighted by Crippen LogP contribution is 2.30. The summed E-state index contributed by atoms with van der Waals surface area (Å²) in [5, 5.41) is 1.02. The zero-order valence-electron chi connectivity index (χ0n) is 11.9. The molecule has 0 aliphatic carbocycles. The Hall–Kier alpha value is -2.43. The number of para-hydroxylation sites is 1. The predicted octanol–water partition coefficient (Wildman–Crippen LogP) is 3.24. The first-order chi connectivity index (χ1) is 10.8. The molecule has 0 amide bonds. The Balaban J connectivity index is 1.88. The van der Waals surface area contributed by atoms with Gasteiger partial charge in [-0.3, -0.25) is 4.79 Å². The van der Waals surface area contributed by atoms with E-state index in [0.717, 1.165) is 27.6 Å². The van der Waals surface area contributed by atoms with Crippen LogP contribution in [0.5, 0.6) is 0 Å². The Kier molecular flexibility index (Phi) is 3.25. The van der Waals surface area contributed by atoms with Crippen LogP contribution in [-0.4, -0.2) is 18.2 Å². The van der Waals surface area contributed by atoms with Gasteiger partial charge in [0.15, 0.2) is 6.29 Å².